The summed E-state index contributed by atoms with van der Waals surface area (Å²) in [4.78, 5) is 29.1. The Hall–Kier alpha value is -2.12. The number of carbonyl (C=O) groups excluding carboxylic acids is 2. The van der Waals surface area contributed by atoms with Crippen molar-refractivity contribution >= 4 is 12.0 Å². The number of aryl methyl sites for hydroxylation is 1. The Labute approximate surface area is 154 Å². The first-order valence-corrected chi connectivity index (χ1v) is 9.38. The molecule has 0 spiro atoms. The van der Waals surface area contributed by atoms with Crippen LogP contribution in [-0.4, -0.2) is 67.8 Å². The Kier molecular flexibility index (Phi) is 5.20. The third-order valence-corrected chi connectivity index (χ3v) is 5.01. The number of piperidine rings is 1. The first kappa shape index (κ1) is 18.7. The molecule has 0 saturated carbocycles. The van der Waals surface area contributed by atoms with Crippen LogP contribution in [0, 0.1) is 0 Å². The van der Waals surface area contributed by atoms with Crippen molar-refractivity contribution in [2.45, 2.75) is 64.0 Å². The zero-order valence-corrected chi connectivity index (χ0v) is 16.1. The second-order valence-corrected chi connectivity index (χ2v) is 8.26. The Morgan fingerprint density at radius 2 is 1.92 bits per heavy atom. The van der Waals surface area contributed by atoms with E-state index in [1.165, 1.54) is 0 Å². The van der Waals surface area contributed by atoms with E-state index < -0.39 is 17.7 Å². The van der Waals surface area contributed by atoms with E-state index in [9.17, 15) is 9.59 Å². The third kappa shape index (κ3) is 3.99. The van der Waals surface area contributed by atoms with E-state index in [1.54, 1.807) is 11.2 Å². The number of likely N-dealkylation sites (tertiary alicyclic amines) is 2. The predicted molar refractivity (Wildman–Crippen MR) is 95.5 cm³/mol. The van der Waals surface area contributed by atoms with Crippen LogP contribution in [0.4, 0.5) is 4.79 Å². The van der Waals surface area contributed by atoms with Crippen molar-refractivity contribution < 1.29 is 14.3 Å². The molecule has 0 radical (unpaired) electrons. The molecule has 2 aliphatic rings. The second-order valence-electron chi connectivity index (χ2n) is 8.26. The summed E-state index contributed by atoms with van der Waals surface area (Å²) in [7, 11) is 1.93. The molecule has 8 nitrogen and oxygen atoms in total. The molecule has 0 aromatic carbocycles. The number of ether oxygens (including phenoxy) is 1. The minimum atomic E-state index is -0.561. The first-order valence-electron chi connectivity index (χ1n) is 9.38. The van der Waals surface area contributed by atoms with Crippen LogP contribution in [0.5, 0.6) is 0 Å². The van der Waals surface area contributed by atoms with Gasteiger partial charge in [-0.2, -0.15) is 0 Å². The largest absolute Gasteiger partial charge is 0.444 e. The fourth-order valence-electron chi connectivity index (χ4n) is 3.82. The van der Waals surface area contributed by atoms with Gasteiger partial charge in [-0.1, -0.05) is 0 Å². The number of nitrogens with zero attached hydrogens (tertiary/aromatic N) is 5. The molecule has 3 heterocycles. The van der Waals surface area contributed by atoms with Gasteiger partial charge in [0.25, 0.3) is 0 Å². The Balaban J connectivity index is 1.67. The third-order valence-electron chi connectivity index (χ3n) is 5.01. The maximum absolute atomic E-state index is 13.1. The fourth-order valence-corrected chi connectivity index (χ4v) is 3.82. The highest BCUT2D eigenvalue weighted by atomic mass is 16.6. The maximum atomic E-state index is 13.1. The summed E-state index contributed by atoms with van der Waals surface area (Å²) in [6, 6.07) is -0.414. The molecule has 0 N–H and O–H groups in total. The molecule has 0 aliphatic carbocycles. The number of aromatic nitrogens is 3. The SMILES string of the molecule is Cn1cnnc1[C@@H]1CCCN(C(=O)[C@@H]2CCCN2C(=O)OC(C)(C)C)C1. The smallest absolute Gasteiger partial charge is 0.410 e. The molecule has 26 heavy (non-hydrogen) atoms. The van der Waals surface area contributed by atoms with Crippen molar-refractivity contribution in [2.24, 2.45) is 7.05 Å². The number of hydrogen-bond donors (Lipinski definition) is 0. The Morgan fingerprint density at radius 3 is 2.58 bits per heavy atom. The number of rotatable bonds is 2. The van der Waals surface area contributed by atoms with E-state index in [0.717, 1.165) is 31.6 Å². The van der Waals surface area contributed by atoms with Gasteiger partial charge in [0.15, 0.2) is 0 Å². The minimum Gasteiger partial charge on any atom is -0.444 e. The summed E-state index contributed by atoms with van der Waals surface area (Å²) in [6.07, 6.45) is 4.76. The number of carbonyl (C=O) groups is 2. The highest BCUT2D eigenvalue weighted by Crippen LogP contribution is 2.28. The van der Waals surface area contributed by atoms with Crippen molar-refractivity contribution in [1.29, 1.82) is 0 Å². The van der Waals surface area contributed by atoms with E-state index in [-0.39, 0.29) is 11.8 Å². The molecule has 1 aromatic rings. The molecular formula is C18H29N5O3. The van der Waals surface area contributed by atoms with Crippen LogP contribution in [0.15, 0.2) is 6.33 Å². The highest BCUT2D eigenvalue weighted by Gasteiger charge is 2.40. The van der Waals surface area contributed by atoms with Gasteiger partial charge in [0.2, 0.25) is 5.91 Å². The summed E-state index contributed by atoms with van der Waals surface area (Å²) < 4.78 is 7.40. The Morgan fingerprint density at radius 1 is 1.19 bits per heavy atom. The molecule has 2 amide bonds. The Bertz CT molecular complexity index is 666. The molecule has 2 saturated heterocycles. The van der Waals surface area contributed by atoms with Crippen molar-refractivity contribution in [3.05, 3.63) is 12.2 Å². The van der Waals surface area contributed by atoms with Gasteiger partial charge in [0.1, 0.15) is 23.8 Å². The van der Waals surface area contributed by atoms with Crippen molar-refractivity contribution in [2.75, 3.05) is 19.6 Å². The molecule has 144 valence electrons. The summed E-state index contributed by atoms with van der Waals surface area (Å²) >= 11 is 0. The maximum Gasteiger partial charge on any atom is 0.410 e. The normalized spacial score (nSPS) is 24.0. The van der Waals surface area contributed by atoms with E-state index in [2.05, 4.69) is 10.2 Å². The first-order chi connectivity index (χ1) is 12.3. The van der Waals surface area contributed by atoms with Gasteiger partial charge in [0, 0.05) is 32.6 Å². The van der Waals surface area contributed by atoms with E-state index in [4.69, 9.17) is 4.74 Å². The number of hydrogen-bond acceptors (Lipinski definition) is 5. The summed E-state index contributed by atoms with van der Waals surface area (Å²) in [5.41, 5.74) is -0.561. The highest BCUT2D eigenvalue weighted by molar-refractivity contribution is 5.86. The summed E-state index contributed by atoms with van der Waals surface area (Å²) in [5, 5.41) is 8.16. The minimum absolute atomic E-state index is 0.0280. The molecule has 2 fully saturated rings. The van der Waals surface area contributed by atoms with Crippen molar-refractivity contribution in [1.82, 2.24) is 24.6 Å². The lowest BCUT2D eigenvalue weighted by molar-refractivity contribution is -0.137. The molecule has 2 atom stereocenters. The molecule has 3 rings (SSSR count). The van der Waals surface area contributed by atoms with Gasteiger partial charge in [-0.05, 0) is 46.5 Å². The van der Waals surface area contributed by atoms with Crippen molar-refractivity contribution in [3.8, 4) is 0 Å². The van der Waals surface area contributed by atoms with E-state index in [0.29, 0.717) is 19.5 Å². The molecule has 0 unspecified atom stereocenters. The second kappa shape index (κ2) is 7.25. The lowest BCUT2D eigenvalue weighted by Gasteiger charge is -2.36. The standard InChI is InChI=1S/C18H29N5O3/c1-18(2,3)26-17(25)23-10-6-8-14(23)16(24)22-9-5-7-13(11-22)15-20-19-12-21(15)4/h12-14H,5-11H2,1-4H3/t13-,14+/m1/s1. The zero-order chi connectivity index (χ0) is 18.9. The summed E-state index contributed by atoms with van der Waals surface area (Å²) in [6.45, 7) is 7.46. The van der Waals surface area contributed by atoms with E-state index >= 15 is 0 Å². The van der Waals surface area contributed by atoms with Crippen LogP contribution in [0.2, 0.25) is 0 Å². The lowest BCUT2D eigenvalue weighted by Crippen LogP contribution is -2.51. The van der Waals surface area contributed by atoms with Crippen LogP contribution in [0.25, 0.3) is 0 Å². The predicted octanol–water partition coefficient (Wildman–Crippen LogP) is 1.92. The topological polar surface area (TPSA) is 80.6 Å². The van der Waals surface area contributed by atoms with Crippen molar-refractivity contribution in [3.63, 3.8) is 0 Å². The van der Waals surface area contributed by atoms with Gasteiger partial charge in [-0.3, -0.25) is 9.69 Å². The summed E-state index contributed by atoms with van der Waals surface area (Å²) in [5.74, 6) is 1.13. The van der Waals surface area contributed by atoms with Crippen LogP contribution in [0.3, 0.4) is 0 Å². The average molecular weight is 363 g/mol. The lowest BCUT2D eigenvalue weighted by atomic mass is 9.96. The van der Waals surface area contributed by atoms with Gasteiger partial charge < -0.3 is 14.2 Å². The quantitative estimate of drug-likeness (QED) is 0.802. The van der Waals surface area contributed by atoms with Crippen LogP contribution < -0.4 is 0 Å². The molecule has 8 heteroatoms. The monoisotopic (exact) mass is 363 g/mol. The van der Waals surface area contributed by atoms with Crippen LogP contribution in [-0.2, 0) is 16.6 Å². The van der Waals surface area contributed by atoms with Gasteiger partial charge in [-0.25, -0.2) is 4.79 Å². The zero-order valence-electron chi connectivity index (χ0n) is 16.1. The molecular weight excluding hydrogens is 334 g/mol. The average Bonchev–Trinajstić information content (AvgIpc) is 3.21. The van der Waals surface area contributed by atoms with E-state index in [1.807, 2.05) is 37.3 Å². The van der Waals surface area contributed by atoms with Gasteiger partial charge >= 0.3 is 6.09 Å². The van der Waals surface area contributed by atoms with Gasteiger partial charge in [0.05, 0.1) is 0 Å². The van der Waals surface area contributed by atoms with Crippen LogP contribution in [0.1, 0.15) is 58.2 Å². The molecule has 2 aliphatic heterocycles. The number of amides is 2. The van der Waals surface area contributed by atoms with Gasteiger partial charge in [-0.15, -0.1) is 10.2 Å². The van der Waals surface area contributed by atoms with Crippen LogP contribution >= 0.6 is 0 Å². The molecule has 1 aromatic heterocycles. The molecule has 0 bridgehead atoms. The fraction of sp³-hybridized carbons (Fsp3) is 0.778.